The van der Waals surface area contributed by atoms with Crippen molar-refractivity contribution in [3.63, 3.8) is 0 Å². The molecule has 4 heteroatoms. The topological polar surface area (TPSA) is 33.2 Å². The highest BCUT2D eigenvalue weighted by atomic mass is 19.1. The number of rotatable bonds is 7. The summed E-state index contributed by atoms with van der Waals surface area (Å²) in [4.78, 5) is 18.1. The molecule has 21 heavy (non-hydrogen) atoms. The van der Waals surface area contributed by atoms with E-state index in [9.17, 15) is 9.18 Å². The third kappa shape index (κ3) is 5.08. The van der Waals surface area contributed by atoms with Gasteiger partial charge in [0.1, 0.15) is 5.82 Å². The summed E-state index contributed by atoms with van der Waals surface area (Å²) in [5.74, 6) is -0.271. The fraction of sp³-hybridized carbons (Fsp3) is 0.294. The molecule has 0 saturated carbocycles. The summed E-state index contributed by atoms with van der Waals surface area (Å²) >= 11 is 0. The van der Waals surface area contributed by atoms with Crippen molar-refractivity contribution in [2.45, 2.75) is 12.8 Å². The molecule has 0 fully saturated rings. The minimum atomic E-state index is -0.319. The quantitative estimate of drug-likeness (QED) is 0.734. The number of carbonyl (C=O) groups is 1. The van der Waals surface area contributed by atoms with Crippen LogP contribution in [0.4, 0.5) is 4.39 Å². The van der Waals surface area contributed by atoms with Crippen LogP contribution in [-0.2, 0) is 6.42 Å². The molecule has 0 unspecified atom stereocenters. The van der Waals surface area contributed by atoms with E-state index >= 15 is 0 Å². The molecule has 1 aromatic carbocycles. The highest BCUT2D eigenvalue weighted by Crippen LogP contribution is 2.07. The number of Topliss-reactive ketones (excluding diaryl/α,β-unsaturated/α-hetero) is 1. The van der Waals surface area contributed by atoms with Gasteiger partial charge in [0.25, 0.3) is 0 Å². The van der Waals surface area contributed by atoms with Crippen molar-refractivity contribution in [3.8, 4) is 0 Å². The number of pyridine rings is 1. The molecule has 1 heterocycles. The zero-order chi connectivity index (χ0) is 15.1. The number of hydrogen-bond acceptors (Lipinski definition) is 3. The molecule has 0 aliphatic heterocycles. The summed E-state index contributed by atoms with van der Waals surface area (Å²) < 4.78 is 12.8. The summed E-state index contributed by atoms with van der Waals surface area (Å²) in [6.45, 7) is 1.59. The molecule has 2 rings (SSSR count). The number of hydrogen-bond donors (Lipinski definition) is 0. The average molecular weight is 286 g/mol. The van der Waals surface area contributed by atoms with Gasteiger partial charge in [0.15, 0.2) is 5.78 Å². The number of carbonyl (C=O) groups excluding carboxylic acids is 1. The summed E-state index contributed by atoms with van der Waals surface area (Å²) in [5, 5.41) is 0. The van der Waals surface area contributed by atoms with Crippen molar-refractivity contribution in [3.05, 3.63) is 65.7 Å². The standard InChI is InChI=1S/C17H19FN2O/c1-20(12-8-14-6-10-19-11-7-14)13-9-17(21)15-2-4-16(18)5-3-15/h2-7,10-11H,8-9,12-13H2,1H3. The molecule has 0 saturated heterocycles. The lowest BCUT2D eigenvalue weighted by Gasteiger charge is -2.16. The van der Waals surface area contributed by atoms with Crippen LogP contribution in [0.3, 0.4) is 0 Å². The first-order valence-corrected chi connectivity index (χ1v) is 7.01. The smallest absolute Gasteiger partial charge is 0.164 e. The van der Waals surface area contributed by atoms with Crippen LogP contribution in [0.15, 0.2) is 48.8 Å². The molecular formula is C17H19FN2O. The molecule has 2 aromatic rings. The van der Waals surface area contributed by atoms with E-state index in [1.807, 2.05) is 19.2 Å². The predicted molar refractivity (Wildman–Crippen MR) is 80.8 cm³/mol. The Hall–Kier alpha value is -2.07. The van der Waals surface area contributed by atoms with Gasteiger partial charge >= 0.3 is 0 Å². The minimum absolute atomic E-state index is 0.0470. The van der Waals surface area contributed by atoms with E-state index in [0.29, 0.717) is 18.5 Å². The van der Waals surface area contributed by atoms with Crippen LogP contribution in [0.5, 0.6) is 0 Å². The van der Waals surface area contributed by atoms with Crippen LogP contribution in [0, 0.1) is 5.82 Å². The highest BCUT2D eigenvalue weighted by molar-refractivity contribution is 5.96. The minimum Gasteiger partial charge on any atom is -0.306 e. The number of benzene rings is 1. The fourth-order valence-corrected chi connectivity index (χ4v) is 2.05. The molecule has 0 aliphatic carbocycles. The van der Waals surface area contributed by atoms with Crippen LogP contribution in [-0.4, -0.2) is 35.8 Å². The Morgan fingerprint density at radius 2 is 1.76 bits per heavy atom. The lowest BCUT2D eigenvalue weighted by atomic mass is 10.1. The van der Waals surface area contributed by atoms with E-state index in [4.69, 9.17) is 0 Å². The van der Waals surface area contributed by atoms with E-state index in [1.54, 1.807) is 12.4 Å². The van der Waals surface area contributed by atoms with Crippen molar-refractivity contribution >= 4 is 5.78 Å². The van der Waals surface area contributed by atoms with Crippen LogP contribution in [0.2, 0.25) is 0 Å². The number of aromatic nitrogens is 1. The number of halogens is 1. The van der Waals surface area contributed by atoms with Gasteiger partial charge in [-0.3, -0.25) is 9.78 Å². The van der Waals surface area contributed by atoms with Gasteiger partial charge in [-0.1, -0.05) is 0 Å². The lowest BCUT2D eigenvalue weighted by Crippen LogP contribution is -2.24. The molecule has 0 amide bonds. The number of ketones is 1. The van der Waals surface area contributed by atoms with Gasteiger partial charge in [-0.2, -0.15) is 0 Å². The highest BCUT2D eigenvalue weighted by Gasteiger charge is 2.08. The Bertz CT molecular complexity index is 569. The fourth-order valence-electron chi connectivity index (χ4n) is 2.05. The molecule has 110 valence electrons. The van der Waals surface area contributed by atoms with Gasteiger partial charge in [0, 0.05) is 37.5 Å². The second-order valence-corrected chi connectivity index (χ2v) is 5.09. The first-order valence-electron chi connectivity index (χ1n) is 7.01. The maximum absolute atomic E-state index is 12.8. The zero-order valence-electron chi connectivity index (χ0n) is 12.1. The van der Waals surface area contributed by atoms with Crippen molar-refractivity contribution < 1.29 is 9.18 Å². The Kier molecular flexibility index (Phi) is 5.58. The maximum atomic E-state index is 12.8. The van der Waals surface area contributed by atoms with Gasteiger partial charge in [0.2, 0.25) is 0 Å². The molecule has 3 nitrogen and oxygen atoms in total. The maximum Gasteiger partial charge on any atom is 0.164 e. The summed E-state index contributed by atoms with van der Waals surface area (Å²) in [5.41, 5.74) is 1.81. The van der Waals surface area contributed by atoms with Crippen molar-refractivity contribution in [2.75, 3.05) is 20.1 Å². The normalized spacial score (nSPS) is 10.8. The van der Waals surface area contributed by atoms with E-state index in [1.165, 1.54) is 29.8 Å². The lowest BCUT2D eigenvalue weighted by molar-refractivity contribution is 0.0969. The van der Waals surface area contributed by atoms with Crippen LogP contribution >= 0.6 is 0 Å². The SMILES string of the molecule is CN(CCC(=O)c1ccc(F)cc1)CCc1ccncc1. The largest absolute Gasteiger partial charge is 0.306 e. The Morgan fingerprint density at radius 3 is 2.43 bits per heavy atom. The van der Waals surface area contributed by atoms with E-state index in [-0.39, 0.29) is 11.6 Å². The summed E-state index contributed by atoms with van der Waals surface area (Å²) in [6.07, 6.45) is 4.95. The van der Waals surface area contributed by atoms with E-state index in [2.05, 4.69) is 9.88 Å². The third-order valence-corrected chi connectivity index (χ3v) is 3.42. The third-order valence-electron chi connectivity index (χ3n) is 3.42. The van der Waals surface area contributed by atoms with Crippen LogP contribution in [0.25, 0.3) is 0 Å². The van der Waals surface area contributed by atoms with E-state index < -0.39 is 0 Å². The molecule has 0 aliphatic rings. The Balaban J connectivity index is 1.74. The second-order valence-electron chi connectivity index (χ2n) is 5.09. The summed E-state index contributed by atoms with van der Waals surface area (Å²) in [7, 11) is 2.00. The van der Waals surface area contributed by atoms with Gasteiger partial charge in [-0.25, -0.2) is 4.39 Å². The number of nitrogens with zero attached hydrogens (tertiary/aromatic N) is 2. The first kappa shape index (κ1) is 15.3. The molecule has 0 spiro atoms. The molecule has 0 N–H and O–H groups in total. The molecule has 0 atom stereocenters. The summed E-state index contributed by atoms with van der Waals surface area (Å²) in [6, 6.07) is 9.71. The van der Waals surface area contributed by atoms with Gasteiger partial charge in [-0.05, 0) is 55.4 Å². The van der Waals surface area contributed by atoms with Crippen LogP contribution < -0.4 is 0 Å². The van der Waals surface area contributed by atoms with Gasteiger partial charge < -0.3 is 4.90 Å². The monoisotopic (exact) mass is 286 g/mol. The molecule has 0 bridgehead atoms. The second kappa shape index (κ2) is 7.64. The predicted octanol–water partition coefficient (Wildman–Crippen LogP) is 2.97. The number of likely N-dealkylation sites (N-methyl/N-ethyl adjacent to an activating group) is 1. The molecule has 1 aromatic heterocycles. The first-order chi connectivity index (χ1) is 10.1. The Morgan fingerprint density at radius 1 is 1.10 bits per heavy atom. The van der Waals surface area contributed by atoms with Gasteiger partial charge in [-0.15, -0.1) is 0 Å². The van der Waals surface area contributed by atoms with Crippen molar-refractivity contribution in [1.82, 2.24) is 9.88 Å². The molecule has 0 radical (unpaired) electrons. The Labute approximate surface area is 124 Å². The zero-order valence-corrected chi connectivity index (χ0v) is 12.1. The van der Waals surface area contributed by atoms with E-state index in [0.717, 1.165) is 13.0 Å². The van der Waals surface area contributed by atoms with Crippen LogP contribution in [0.1, 0.15) is 22.3 Å². The average Bonchev–Trinajstić information content (AvgIpc) is 2.52. The molecular weight excluding hydrogens is 267 g/mol. The van der Waals surface area contributed by atoms with Crippen molar-refractivity contribution in [2.24, 2.45) is 0 Å². The van der Waals surface area contributed by atoms with Gasteiger partial charge in [0.05, 0.1) is 0 Å². The van der Waals surface area contributed by atoms with Crippen molar-refractivity contribution in [1.29, 1.82) is 0 Å².